The monoisotopic (exact) mass is 742 g/mol. The number of hydrogen-bond acceptors (Lipinski definition) is 16. The number of aromatic nitrogens is 10. The van der Waals surface area contributed by atoms with E-state index in [-0.39, 0.29) is 41.3 Å². The normalized spacial score (nSPS) is 12.4. The van der Waals surface area contributed by atoms with Crippen molar-refractivity contribution in [1.29, 1.82) is 0 Å². The van der Waals surface area contributed by atoms with Gasteiger partial charge in [0.1, 0.15) is 24.1 Å². The number of rotatable bonds is 16. The Bertz CT molecular complexity index is 2220. The van der Waals surface area contributed by atoms with Gasteiger partial charge in [-0.25, -0.2) is 24.7 Å². The number of carbonyl (C=O) groups is 2. The molecule has 5 N–H and O–H groups in total. The van der Waals surface area contributed by atoms with Crippen molar-refractivity contribution in [2.24, 2.45) is 34.6 Å². The van der Waals surface area contributed by atoms with Gasteiger partial charge in [-0.1, -0.05) is 26.7 Å². The number of aliphatic hydroxyl groups is 1. The molecule has 286 valence electrons. The van der Waals surface area contributed by atoms with E-state index in [1.807, 2.05) is 0 Å². The van der Waals surface area contributed by atoms with Crippen molar-refractivity contribution in [2.75, 3.05) is 18.1 Å². The summed E-state index contributed by atoms with van der Waals surface area (Å²) in [7, 11) is 3.43. The number of anilines is 2. The van der Waals surface area contributed by atoms with Gasteiger partial charge in [-0.3, -0.25) is 4.79 Å². The summed E-state index contributed by atoms with van der Waals surface area (Å²) in [6, 6.07) is 1.62. The van der Waals surface area contributed by atoms with Gasteiger partial charge in [0.25, 0.3) is 0 Å². The smallest absolute Gasteiger partial charge is 0.360 e. The number of nitrogen functional groups attached to an aromatic ring is 2. The van der Waals surface area contributed by atoms with Crippen molar-refractivity contribution in [3.05, 3.63) is 46.8 Å². The van der Waals surface area contributed by atoms with Crippen LogP contribution in [0.3, 0.4) is 0 Å². The molecule has 1 unspecified atom stereocenters. The quantitative estimate of drug-likeness (QED) is 0.0656. The fourth-order valence-electron chi connectivity index (χ4n) is 5.42. The average Bonchev–Trinajstić information content (AvgIpc) is 3.83. The number of unbranched alkanes of at least 4 members (excludes halogenated alkanes) is 2. The predicted molar refractivity (Wildman–Crippen MR) is 199 cm³/mol. The lowest BCUT2D eigenvalue weighted by molar-refractivity contribution is 0.0520. The molecule has 1 atom stereocenters. The summed E-state index contributed by atoms with van der Waals surface area (Å²) in [5.41, 5.74) is 15.1. The van der Waals surface area contributed by atoms with Crippen molar-refractivity contribution in [3.8, 4) is 11.6 Å². The van der Waals surface area contributed by atoms with E-state index < -0.39 is 17.9 Å². The minimum atomic E-state index is -1.27. The molecule has 0 fully saturated rings. The third kappa shape index (κ3) is 7.77. The molecule has 0 amide bonds. The Morgan fingerprint density at radius 3 is 1.70 bits per heavy atom. The van der Waals surface area contributed by atoms with Crippen molar-refractivity contribution in [3.63, 3.8) is 0 Å². The van der Waals surface area contributed by atoms with Crippen molar-refractivity contribution in [2.45, 2.75) is 86.2 Å². The molecule has 0 saturated heterocycles. The Kier molecular flexibility index (Phi) is 12.0. The second-order valence-corrected chi connectivity index (χ2v) is 12.6. The van der Waals surface area contributed by atoms with E-state index in [1.54, 1.807) is 50.1 Å². The number of nitrogens with two attached hydrogens (primary N) is 2. The van der Waals surface area contributed by atoms with Gasteiger partial charge in [-0.2, -0.15) is 19.6 Å². The summed E-state index contributed by atoms with van der Waals surface area (Å²) in [4.78, 5) is 42.8. The topological polar surface area (TPSA) is 262 Å². The molecule has 54 heavy (non-hydrogen) atoms. The molecular formula is C34H46N16O4. The van der Waals surface area contributed by atoms with Crippen molar-refractivity contribution < 1.29 is 19.4 Å². The molecule has 5 aromatic heterocycles. The molecule has 0 spiro atoms. The lowest BCUT2D eigenvalue weighted by atomic mass is 10.2. The molecule has 0 aliphatic carbocycles. The lowest BCUT2D eigenvalue weighted by Crippen LogP contribution is -2.16. The highest BCUT2D eigenvalue weighted by Gasteiger charge is 2.25. The van der Waals surface area contributed by atoms with Crippen LogP contribution in [0.2, 0.25) is 0 Å². The zero-order chi connectivity index (χ0) is 39.3. The minimum absolute atomic E-state index is 0.000779. The van der Waals surface area contributed by atoms with Crippen LogP contribution in [0.15, 0.2) is 32.9 Å². The first-order chi connectivity index (χ1) is 25.8. The number of carbonyl (C=O) groups excluding carboxylic acids is 2. The summed E-state index contributed by atoms with van der Waals surface area (Å²) >= 11 is 0. The van der Waals surface area contributed by atoms with Crippen LogP contribution >= 0.6 is 0 Å². The first-order valence-corrected chi connectivity index (χ1v) is 17.7. The first kappa shape index (κ1) is 39.0. The summed E-state index contributed by atoms with van der Waals surface area (Å²) in [6.45, 7) is 10.8. The van der Waals surface area contributed by atoms with Gasteiger partial charge in [-0.05, 0) is 53.4 Å². The molecule has 0 saturated carbocycles. The van der Waals surface area contributed by atoms with Crippen molar-refractivity contribution in [1.82, 2.24) is 48.6 Å². The highest BCUT2D eigenvalue weighted by molar-refractivity contribution is 6.01. The summed E-state index contributed by atoms with van der Waals surface area (Å²) in [5, 5.41) is 37.1. The largest absolute Gasteiger partial charge is 0.461 e. The summed E-state index contributed by atoms with van der Waals surface area (Å²) in [6.07, 6.45) is 4.55. The van der Waals surface area contributed by atoms with Crippen LogP contribution < -0.4 is 11.5 Å². The van der Waals surface area contributed by atoms with E-state index in [2.05, 4.69) is 54.2 Å². The van der Waals surface area contributed by atoms with Gasteiger partial charge in [0.2, 0.25) is 5.78 Å². The van der Waals surface area contributed by atoms with Crippen LogP contribution in [-0.2, 0) is 31.7 Å². The van der Waals surface area contributed by atoms with Gasteiger partial charge in [-0.15, -0.1) is 20.5 Å². The second-order valence-electron chi connectivity index (χ2n) is 12.6. The van der Waals surface area contributed by atoms with E-state index in [0.29, 0.717) is 58.9 Å². The number of ketones is 1. The van der Waals surface area contributed by atoms with E-state index >= 15 is 0 Å². The Labute approximate surface area is 311 Å². The van der Waals surface area contributed by atoms with E-state index in [9.17, 15) is 14.7 Å². The van der Waals surface area contributed by atoms with Crippen LogP contribution in [0.25, 0.3) is 11.6 Å². The van der Waals surface area contributed by atoms with E-state index in [0.717, 1.165) is 25.7 Å². The molecule has 0 aliphatic heterocycles. The maximum atomic E-state index is 12.7. The summed E-state index contributed by atoms with van der Waals surface area (Å²) in [5.74, 6) is 1.19. The molecule has 0 bridgehead atoms. The molecule has 5 rings (SSSR count). The van der Waals surface area contributed by atoms with Gasteiger partial charge >= 0.3 is 5.97 Å². The second kappa shape index (κ2) is 16.7. The molecule has 5 aromatic rings. The van der Waals surface area contributed by atoms with Crippen LogP contribution in [0.5, 0.6) is 0 Å². The molecule has 20 heteroatoms. The number of esters is 1. The molecule has 0 radical (unpaired) electrons. The molecule has 5 heterocycles. The first-order valence-electron chi connectivity index (χ1n) is 17.7. The molecule has 0 aromatic carbocycles. The lowest BCUT2D eigenvalue weighted by Gasteiger charge is -2.06. The maximum absolute atomic E-state index is 12.7. The average molecular weight is 743 g/mol. The zero-order valence-electron chi connectivity index (χ0n) is 31.8. The summed E-state index contributed by atoms with van der Waals surface area (Å²) < 4.78 is 11.3. The predicted octanol–water partition coefficient (Wildman–Crippen LogP) is 5.35. The van der Waals surface area contributed by atoms with Crippen LogP contribution in [0, 0.1) is 13.8 Å². The van der Waals surface area contributed by atoms with Gasteiger partial charge in [0.05, 0.1) is 18.0 Å². The number of aliphatic hydroxyl groups excluding tert-OH is 1. The highest BCUT2D eigenvalue weighted by atomic mass is 16.5. The third-order valence-corrected chi connectivity index (χ3v) is 8.68. The number of imidazole rings is 2. The Morgan fingerprint density at radius 1 is 0.796 bits per heavy atom. The zero-order valence-corrected chi connectivity index (χ0v) is 31.8. The van der Waals surface area contributed by atoms with Gasteiger partial charge in [0, 0.05) is 20.2 Å². The molecular weight excluding hydrogens is 696 g/mol. The number of nitrogens with zero attached hydrogens (tertiary/aromatic N) is 14. The number of aryl methyl sites for hydroxylation is 4. The number of azo groups is 2. The fraction of sp³-hybridized carbons (Fsp3) is 0.471. The third-order valence-electron chi connectivity index (χ3n) is 8.68. The van der Waals surface area contributed by atoms with E-state index in [1.165, 1.54) is 22.6 Å². The Morgan fingerprint density at radius 2 is 1.26 bits per heavy atom. The van der Waals surface area contributed by atoms with Gasteiger partial charge < -0.3 is 30.4 Å². The van der Waals surface area contributed by atoms with Crippen LogP contribution in [-0.4, -0.2) is 78.2 Å². The Balaban J connectivity index is 1.56. The Hall–Kier alpha value is -6.18. The van der Waals surface area contributed by atoms with Gasteiger partial charge in [0.15, 0.2) is 57.7 Å². The standard InChI is InChI=1S/C34H46N16O4/c1-9-12-14-21-25(41-43-32-27(29(52)18(4)51)39-19(5)47(32)7)30(35)49(45-21)23-16-24(38-17-37-23)50-31(36)26(22(46-50)15-13-10-2)42-44-33-28(34(53)54-11-3)40-20(6)48(33)8/h16-18,51H,9-15,35-36H2,1-8H3/b43-41+,44-42+. The van der Waals surface area contributed by atoms with Crippen LogP contribution in [0.1, 0.15) is 97.4 Å². The maximum Gasteiger partial charge on any atom is 0.360 e. The molecule has 0 aliphatic rings. The van der Waals surface area contributed by atoms with Crippen LogP contribution in [0.4, 0.5) is 34.6 Å². The SMILES string of the molecule is CCCCc1nn(-c2cc(-n3nc(CCCC)c(/N=N/c4c(C(=O)C(C)O)nc(C)n4C)c3N)ncn2)c(N)c1/N=N/c1c(C(=O)OCC)nc(C)n1C. The number of ether oxygens (including phenoxy) is 1. The highest BCUT2D eigenvalue weighted by Crippen LogP contribution is 2.35. The fourth-order valence-corrected chi connectivity index (χ4v) is 5.42. The number of Topliss-reactive ketones (excluding diaryl/α,β-unsaturated/α-hetero) is 1. The minimum Gasteiger partial charge on any atom is -0.461 e. The van der Waals surface area contributed by atoms with Crippen molar-refractivity contribution >= 4 is 46.4 Å². The van der Waals surface area contributed by atoms with E-state index in [4.69, 9.17) is 26.4 Å². The molecule has 20 nitrogen and oxygen atoms in total. The number of hydrogen-bond donors (Lipinski definition) is 3.